The van der Waals surface area contributed by atoms with Gasteiger partial charge < -0.3 is 19.8 Å². The smallest absolute Gasteiger partial charge is 0.392 e. The maximum atomic E-state index is 13.8. The molecule has 3 aromatic rings. The molecule has 0 aromatic carbocycles. The van der Waals surface area contributed by atoms with Gasteiger partial charge in [-0.3, -0.25) is 4.98 Å². The minimum absolute atomic E-state index is 0.109. The second-order valence-corrected chi connectivity index (χ2v) is 10.7. The van der Waals surface area contributed by atoms with Crippen LogP contribution < -0.4 is 14.7 Å². The highest BCUT2D eigenvalue weighted by Crippen LogP contribution is 2.37. The second-order valence-electron chi connectivity index (χ2n) is 10.7. The van der Waals surface area contributed by atoms with Crippen molar-refractivity contribution in [2.24, 2.45) is 0 Å². The summed E-state index contributed by atoms with van der Waals surface area (Å²) < 4.78 is 41.5. The summed E-state index contributed by atoms with van der Waals surface area (Å²) in [6.45, 7) is 9.89. The molecular weight excluding hydrogens is 507 g/mol. The maximum Gasteiger partial charge on any atom is 0.419 e. The molecule has 2 fully saturated rings. The number of halogens is 3. The predicted octanol–water partition coefficient (Wildman–Crippen LogP) is 4.88. The van der Waals surface area contributed by atoms with Crippen molar-refractivity contribution in [1.29, 1.82) is 0 Å². The third-order valence-corrected chi connectivity index (χ3v) is 7.58. The number of aliphatic hydroxyl groups is 1. The van der Waals surface area contributed by atoms with Crippen LogP contribution in [0, 0.1) is 0 Å². The summed E-state index contributed by atoms with van der Waals surface area (Å²) in [5, 5.41) is 9.33. The summed E-state index contributed by atoms with van der Waals surface area (Å²) in [6.07, 6.45) is -0.391. The van der Waals surface area contributed by atoms with E-state index < -0.39 is 18.3 Å². The first-order chi connectivity index (χ1) is 18.5. The highest BCUT2D eigenvalue weighted by atomic mass is 19.4. The summed E-state index contributed by atoms with van der Waals surface area (Å²) in [4.78, 5) is 24.4. The van der Waals surface area contributed by atoms with Gasteiger partial charge in [0.05, 0.1) is 17.9 Å². The second kappa shape index (κ2) is 10.6. The van der Waals surface area contributed by atoms with Crippen LogP contribution in [0.5, 0.6) is 0 Å². The molecule has 0 amide bonds. The van der Waals surface area contributed by atoms with E-state index >= 15 is 0 Å². The van der Waals surface area contributed by atoms with E-state index in [9.17, 15) is 18.3 Å². The van der Waals surface area contributed by atoms with Crippen molar-refractivity contribution in [3.05, 3.63) is 53.5 Å². The number of pyridine rings is 2. The fraction of sp³-hybridized carbons (Fsp3) is 0.500. The van der Waals surface area contributed by atoms with Crippen molar-refractivity contribution in [3.63, 3.8) is 0 Å². The van der Waals surface area contributed by atoms with Crippen LogP contribution in [-0.4, -0.2) is 63.3 Å². The third kappa shape index (κ3) is 5.50. The molecule has 39 heavy (non-hydrogen) atoms. The first-order valence-electron chi connectivity index (χ1n) is 13.4. The van der Waals surface area contributed by atoms with Gasteiger partial charge in [0.25, 0.3) is 0 Å². The van der Waals surface area contributed by atoms with Gasteiger partial charge in [-0.2, -0.15) is 18.2 Å². The number of nitrogens with zero attached hydrogens (tertiary/aromatic N) is 7. The highest BCUT2D eigenvalue weighted by Gasteiger charge is 2.38. The number of hydrogen-bond donors (Lipinski definition) is 1. The standard InChI is InChI=1S/C28H34F3N7O/c1-17(2)23-12-21(5-7-32-23)24-13-25(35-27(34-24)38-8-6-18(38)3)37-10-9-36(15-19(37)4)26-22(28(29,30)31)11-20(16-39)14-33-26/h5,7,11-14,17-19,39H,6,8-10,15-16H2,1-4H3/t18-,19-/m0/s1. The molecule has 1 N–H and O–H groups in total. The molecule has 3 aromatic heterocycles. The van der Waals surface area contributed by atoms with Crippen LogP contribution in [0.15, 0.2) is 36.7 Å². The van der Waals surface area contributed by atoms with E-state index in [0.717, 1.165) is 41.8 Å². The van der Waals surface area contributed by atoms with E-state index in [4.69, 9.17) is 9.97 Å². The number of rotatable bonds is 6. The van der Waals surface area contributed by atoms with Crippen LogP contribution >= 0.6 is 0 Å². The zero-order chi connectivity index (χ0) is 27.9. The quantitative estimate of drug-likeness (QED) is 0.473. The number of alkyl halides is 3. The third-order valence-electron chi connectivity index (χ3n) is 7.58. The fourth-order valence-electron chi connectivity index (χ4n) is 5.12. The van der Waals surface area contributed by atoms with E-state index in [1.165, 1.54) is 6.20 Å². The van der Waals surface area contributed by atoms with Crippen LogP contribution in [0.25, 0.3) is 11.3 Å². The lowest BCUT2D eigenvalue weighted by molar-refractivity contribution is -0.137. The van der Waals surface area contributed by atoms with E-state index in [-0.39, 0.29) is 23.3 Å². The molecule has 11 heteroatoms. The number of hydrogen-bond acceptors (Lipinski definition) is 8. The lowest BCUT2D eigenvalue weighted by Gasteiger charge is -2.43. The van der Waals surface area contributed by atoms with Crippen molar-refractivity contribution in [2.45, 2.75) is 64.9 Å². The van der Waals surface area contributed by atoms with Gasteiger partial charge in [0, 0.05) is 68.0 Å². The van der Waals surface area contributed by atoms with Gasteiger partial charge in [0.15, 0.2) is 0 Å². The van der Waals surface area contributed by atoms with Gasteiger partial charge in [-0.1, -0.05) is 13.8 Å². The Labute approximate surface area is 226 Å². The average Bonchev–Trinajstić information content (AvgIpc) is 2.91. The van der Waals surface area contributed by atoms with E-state index in [1.54, 1.807) is 11.1 Å². The molecule has 0 bridgehead atoms. The number of piperazine rings is 1. The number of anilines is 3. The molecule has 5 rings (SSSR count). The van der Waals surface area contributed by atoms with Crippen LogP contribution in [0.1, 0.15) is 56.9 Å². The Kier molecular flexibility index (Phi) is 7.37. The molecule has 2 saturated heterocycles. The molecule has 2 aliphatic rings. The molecule has 0 spiro atoms. The molecule has 2 aliphatic heterocycles. The Morgan fingerprint density at radius 2 is 1.79 bits per heavy atom. The topological polar surface area (TPSA) is 81.5 Å². The molecule has 8 nitrogen and oxygen atoms in total. The largest absolute Gasteiger partial charge is 0.419 e. The summed E-state index contributed by atoms with van der Waals surface area (Å²) in [7, 11) is 0. The number of aromatic nitrogens is 4. The van der Waals surface area contributed by atoms with E-state index in [1.807, 2.05) is 19.1 Å². The van der Waals surface area contributed by atoms with Crippen LogP contribution in [0.3, 0.4) is 0 Å². The van der Waals surface area contributed by atoms with Crippen molar-refractivity contribution >= 4 is 17.6 Å². The van der Waals surface area contributed by atoms with Gasteiger partial charge in [-0.15, -0.1) is 0 Å². The Bertz CT molecular complexity index is 1330. The Morgan fingerprint density at radius 3 is 2.41 bits per heavy atom. The van der Waals surface area contributed by atoms with Gasteiger partial charge in [-0.25, -0.2) is 9.97 Å². The van der Waals surface area contributed by atoms with Crippen molar-refractivity contribution in [3.8, 4) is 11.3 Å². The van der Waals surface area contributed by atoms with E-state index in [2.05, 4.69) is 46.6 Å². The molecule has 0 unspecified atom stereocenters. The van der Waals surface area contributed by atoms with E-state index in [0.29, 0.717) is 31.6 Å². The van der Waals surface area contributed by atoms with Crippen molar-refractivity contribution in [2.75, 3.05) is 40.9 Å². The fourth-order valence-corrected chi connectivity index (χ4v) is 5.12. The molecule has 2 atom stereocenters. The van der Waals surface area contributed by atoms with Gasteiger partial charge in [0.2, 0.25) is 5.95 Å². The molecule has 0 saturated carbocycles. The average molecular weight is 542 g/mol. The van der Waals surface area contributed by atoms with Crippen LogP contribution in [0.4, 0.5) is 30.8 Å². The first-order valence-corrected chi connectivity index (χ1v) is 13.4. The SMILES string of the molecule is CC(C)c1cc(-c2cc(N3CCN(c4ncc(CO)cc4C(F)(F)F)C[C@@H]3C)nc(N3CC[C@@H]3C)n2)ccn1. The molecule has 0 radical (unpaired) electrons. The van der Waals surface area contributed by atoms with Gasteiger partial charge in [0.1, 0.15) is 11.6 Å². The van der Waals surface area contributed by atoms with Crippen molar-refractivity contribution < 1.29 is 18.3 Å². The Balaban J connectivity index is 1.46. The highest BCUT2D eigenvalue weighted by molar-refractivity contribution is 5.66. The van der Waals surface area contributed by atoms with Crippen LogP contribution in [-0.2, 0) is 12.8 Å². The molecule has 0 aliphatic carbocycles. The zero-order valence-corrected chi connectivity index (χ0v) is 22.7. The lowest BCUT2D eigenvalue weighted by atomic mass is 10.0. The van der Waals surface area contributed by atoms with Gasteiger partial charge in [-0.05, 0) is 49.9 Å². The molecule has 208 valence electrons. The Morgan fingerprint density at radius 1 is 1.00 bits per heavy atom. The zero-order valence-electron chi connectivity index (χ0n) is 22.7. The summed E-state index contributed by atoms with van der Waals surface area (Å²) in [5.41, 5.74) is 2.05. The first kappa shape index (κ1) is 27.1. The lowest BCUT2D eigenvalue weighted by Crippen LogP contribution is -2.53. The Hall–Kier alpha value is -3.47. The van der Waals surface area contributed by atoms with Crippen molar-refractivity contribution in [1.82, 2.24) is 19.9 Å². The summed E-state index contributed by atoms with van der Waals surface area (Å²) >= 11 is 0. The number of aliphatic hydroxyl groups excluding tert-OH is 1. The minimum atomic E-state index is -4.57. The summed E-state index contributed by atoms with van der Waals surface area (Å²) in [5.74, 6) is 1.58. The monoisotopic (exact) mass is 541 g/mol. The maximum absolute atomic E-state index is 13.8. The normalized spacial score (nSPS) is 20.0. The predicted molar refractivity (Wildman–Crippen MR) is 145 cm³/mol. The summed E-state index contributed by atoms with van der Waals surface area (Å²) in [6, 6.07) is 7.17. The minimum Gasteiger partial charge on any atom is -0.392 e. The van der Waals surface area contributed by atoms with Gasteiger partial charge >= 0.3 is 6.18 Å². The molecule has 5 heterocycles. The van der Waals surface area contributed by atoms with Crippen LogP contribution in [0.2, 0.25) is 0 Å². The molecular formula is C28H34F3N7O.